The smallest absolute Gasteiger partial charge is 0.165 e. The Morgan fingerprint density at radius 1 is 0.414 bits per heavy atom. The molecule has 0 atom stereocenters. The standard InChI is InChI=1S/C53H32N4S/c1-3-15-33(16-4-1)35-27-28-43-44-31-37(57-47-25-13-11-23-41(47)42-24-12-14-26-48(42)57)32-46(50(44)58-49(43)30-35)53-55-51(34-17-5-2-6-18-34)54-52(56-53)45-29-36-19-7-8-20-38(36)39-21-9-10-22-40(39)45/h1-32H/i2D,5D,6D,17D,18D. The fourth-order valence-corrected chi connectivity index (χ4v) is 9.73. The Kier molecular flexibility index (Phi) is 6.30. The van der Waals surface area contributed by atoms with Crippen molar-refractivity contribution in [2.24, 2.45) is 0 Å². The van der Waals surface area contributed by atoms with Gasteiger partial charge in [0.2, 0.25) is 0 Å². The molecule has 3 heterocycles. The van der Waals surface area contributed by atoms with E-state index in [0.29, 0.717) is 11.6 Å². The number of hydrogen-bond donors (Lipinski definition) is 0. The molecule has 0 bridgehead atoms. The molecule has 0 fully saturated rings. The zero-order valence-corrected chi connectivity index (χ0v) is 31.6. The Morgan fingerprint density at radius 2 is 1.03 bits per heavy atom. The zero-order valence-electron chi connectivity index (χ0n) is 35.8. The van der Waals surface area contributed by atoms with Gasteiger partial charge in [-0.2, -0.15) is 0 Å². The third kappa shape index (κ3) is 5.18. The summed E-state index contributed by atoms with van der Waals surface area (Å²) in [4.78, 5) is 15.5. The predicted molar refractivity (Wildman–Crippen MR) is 244 cm³/mol. The lowest BCUT2D eigenvalue weighted by Gasteiger charge is -2.14. The summed E-state index contributed by atoms with van der Waals surface area (Å²) < 4.78 is 48.1. The second kappa shape index (κ2) is 13.1. The molecule has 0 N–H and O–H groups in total. The molecule has 0 amide bonds. The van der Waals surface area contributed by atoms with E-state index in [-0.39, 0.29) is 23.5 Å². The van der Waals surface area contributed by atoms with Crippen molar-refractivity contribution in [1.29, 1.82) is 0 Å². The second-order valence-electron chi connectivity index (χ2n) is 14.4. The van der Waals surface area contributed by atoms with Crippen LogP contribution in [0.25, 0.3) is 115 Å². The van der Waals surface area contributed by atoms with Crippen LogP contribution in [0.4, 0.5) is 0 Å². The van der Waals surface area contributed by atoms with Gasteiger partial charge in [0.25, 0.3) is 0 Å². The van der Waals surface area contributed by atoms with Crippen molar-refractivity contribution in [3.05, 3.63) is 194 Å². The largest absolute Gasteiger partial charge is 0.309 e. The lowest BCUT2D eigenvalue weighted by molar-refractivity contribution is 1.08. The first-order chi connectivity index (χ1) is 30.8. The molecule has 4 nitrogen and oxygen atoms in total. The summed E-state index contributed by atoms with van der Waals surface area (Å²) in [5.41, 5.74) is 6.61. The lowest BCUT2D eigenvalue weighted by Crippen LogP contribution is -2.02. The summed E-state index contributed by atoms with van der Waals surface area (Å²) in [6.07, 6.45) is 0. The van der Waals surface area contributed by atoms with Crippen LogP contribution in [0.15, 0.2) is 194 Å². The summed E-state index contributed by atoms with van der Waals surface area (Å²) in [6, 6.07) is 54.3. The van der Waals surface area contributed by atoms with E-state index in [1.807, 2.05) is 48.5 Å². The molecule has 12 rings (SSSR count). The molecule has 0 saturated heterocycles. The van der Waals surface area contributed by atoms with Gasteiger partial charge < -0.3 is 4.57 Å². The molecule has 12 aromatic rings. The second-order valence-corrected chi connectivity index (χ2v) is 15.5. The van der Waals surface area contributed by atoms with Crippen molar-refractivity contribution < 1.29 is 6.85 Å². The van der Waals surface area contributed by atoms with E-state index in [1.54, 1.807) is 11.3 Å². The number of aromatic nitrogens is 4. The van der Waals surface area contributed by atoms with E-state index < -0.39 is 18.1 Å². The van der Waals surface area contributed by atoms with Gasteiger partial charge in [0.1, 0.15) is 0 Å². The van der Waals surface area contributed by atoms with E-state index in [2.05, 4.69) is 120 Å². The molecule has 3 aromatic heterocycles. The van der Waals surface area contributed by atoms with E-state index in [9.17, 15) is 0 Å². The maximum absolute atomic E-state index is 9.07. The van der Waals surface area contributed by atoms with E-state index in [0.717, 1.165) is 91.5 Å². The average molecular weight is 762 g/mol. The Morgan fingerprint density at radius 3 is 1.79 bits per heavy atom. The van der Waals surface area contributed by atoms with Crippen molar-refractivity contribution in [1.82, 2.24) is 19.5 Å². The number of fused-ring (bicyclic) bond motifs is 9. The maximum atomic E-state index is 9.07. The lowest BCUT2D eigenvalue weighted by atomic mass is 9.97. The third-order valence-electron chi connectivity index (χ3n) is 11.1. The fourth-order valence-electron chi connectivity index (χ4n) is 8.50. The Balaban J connectivity index is 1.22. The zero-order chi connectivity index (χ0) is 42.5. The van der Waals surface area contributed by atoms with Crippen molar-refractivity contribution in [3.63, 3.8) is 0 Å². The first-order valence-electron chi connectivity index (χ1n) is 21.6. The normalized spacial score (nSPS) is 13.0. The van der Waals surface area contributed by atoms with Gasteiger partial charge in [0.15, 0.2) is 17.5 Å². The Hall–Kier alpha value is -7.47. The van der Waals surface area contributed by atoms with Crippen molar-refractivity contribution in [2.75, 3.05) is 0 Å². The monoisotopic (exact) mass is 761 g/mol. The molecule has 0 saturated carbocycles. The molecule has 0 aliphatic heterocycles. The number of thiophene rings is 1. The molecule has 0 radical (unpaired) electrons. The van der Waals surface area contributed by atoms with Crippen LogP contribution in [0, 0.1) is 0 Å². The number of nitrogens with zero attached hydrogens (tertiary/aromatic N) is 4. The van der Waals surface area contributed by atoms with Crippen LogP contribution in [0.5, 0.6) is 0 Å². The number of hydrogen-bond acceptors (Lipinski definition) is 4. The van der Waals surface area contributed by atoms with Crippen LogP contribution in [-0.2, 0) is 0 Å². The van der Waals surface area contributed by atoms with Gasteiger partial charge in [0.05, 0.1) is 17.9 Å². The molecule has 9 aromatic carbocycles. The van der Waals surface area contributed by atoms with E-state index in [4.69, 9.17) is 21.8 Å². The summed E-state index contributed by atoms with van der Waals surface area (Å²) in [6.45, 7) is 0. The van der Waals surface area contributed by atoms with Crippen LogP contribution in [0.3, 0.4) is 0 Å². The van der Waals surface area contributed by atoms with Gasteiger partial charge in [0, 0.05) is 53.3 Å². The highest BCUT2D eigenvalue weighted by Gasteiger charge is 2.22. The van der Waals surface area contributed by atoms with Crippen molar-refractivity contribution in [2.45, 2.75) is 0 Å². The maximum Gasteiger partial charge on any atom is 0.165 e. The fraction of sp³-hybridized carbons (Fsp3) is 0. The highest BCUT2D eigenvalue weighted by molar-refractivity contribution is 7.26. The highest BCUT2D eigenvalue weighted by Crippen LogP contribution is 2.44. The summed E-state index contributed by atoms with van der Waals surface area (Å²) in [7, 11) is 0. The molecule has 0 spiro atoms. The van der Waals surface area contributed by atoms with Crippen LogP contribution < -0.4 is 0 Å². The molecule has 270 valence electrons. The van der Waals surface area contributed by atoms with Crippen LogP contribution in [-0.4, -0.2) is 19.5 Å². The first-order valence-corrected chi connectivity index (χ1v) is 19.9. The Labute approximate surface area is 345 Å². The minimum absolute atomic E-state index is 0.00729. The predicted octanol–water partition coefficient (Wildman–Crippen LogP) is 14.3. The topological polar surface area (TPSA) is 43.6 Å². The number of para-hydroxylation sites is 2. The van der Waals surface area contributed by atoms with Crippen molar-refractivity contribution in [3.8, 4) is 51.0 Å². The number of benzene rings is 9. The van der Waals surface area contributed by atoms with Gasteiger partial charge >= 0.3 is 0 Å². The van der Waals surface area contributed by atoms with Gasteiger partial charge in [-0.3, -0.25) is 0 Å². The minimum Gasteiger partial charge on any atom is -0.309 e. The summed E-state index contributed by atoms with van der Waals surface area (Å²) in [5, 5.41) is 8.37. The minimum atomic E-state index is -0.482. The van der Waals surface area contributed by atoms with Crippen LogP contribution in [0.1, 0.15) is 6.85 Å². The van der Waals surface area contributed by atoms with Gasteiger partial charge in [-0.15, -0.1) is 11.3 Å². The van der Waals surface area contributed by atoms with Crippen molar-refractivity contribution >= 4 is 74.9 Å². The molecule has 5 heteroatoms. The molecular formula is C53H32N4S. The molecular weight excluding hydrogens is 725 g/mol. The molecule has 58 heavy (non-hydrogen) atoms. The highest BCUT2D eigenvalue weighted by atomic mass is 32.1. The van der Waals surface area contributed by atoms with Crippen LogP contribution in [0.2, 0.25) is 0 Å². The molecule has 0 unspecified atom stereocenters. The van der Waals surface area contributed by atoms with Gasteiger partial charge in [-0.1, -0.05) is 158 Å². The first kappa shape index (κ1) is 28.0. The molecule has 0 aliphatic carbocycles. The SMILES string of the molecule is [2H]c1c([2H])c([2H])c(-c2nc(-c3cc4ccccc4c4ccccc34)nc(-c3cc(-n4c5ccccc5c5ccccc54)cc4c3sc3cc(-c5ccccc5)ccc34)n2)c([2H])c1[2H]. The van der Waals surface area contributed by atoms with Gasteiger partial charge in [-0.25, -0.2) is 15.0 Å². The third-order valence-corrected chi connectivity index (χ3v) is 12.3. The van der Waals surface area contributed by atoms with E-state index in [1.165, 1.54) is 0 Å². The van der Waals surface area contributed by atoms with Gasteiger partial charge in [-0.05, 0) is 69.1 Å². The Bertz CT molecular complexity index is 3800. The average Bonchev–Trinajstić information content (AvgIpc) is 3.88. The quantitative estimate of drug-likeness (QED) is 0.164. The molecule has 0 aliphatic rings. The summed E-state index contributed by atoms with van der Waals surface area (Å²) in [5.74, 6) is 0.639. The van der Waals surface area contributed by atoms with E-state index >= 15 is 0 Å². The van der Waals surface area contributed by atoms with Crippen LogP contribution >= 0.6 is 11.3 Å². The summed E-state index contributed by atoms with van der Waals surface area (Å²) >= 11 is 1.66. The number of rotatable bonds is 5.